The van der Waals surface area contributed by atoms with Crippen LogP contribution >= 0.6 is 0 Å². The Balaban J connectivity index is 1.46. The zero-order chi connectivity index (χ0) is 17.0. The van der Waals surface area contributed by atoms with Gasteiger partial charge in [-0.3, -0.25) is 9.59 Å². The molecule has 2 aliphatic heterocycles. The molecule has 3 aromatic rings. The monoisotopic (exact) mass is 333 g/mol. The Labute approximate surface area is 144 Å². The molecule has 4 heterocycles. The van der Waals surface area contributed by atoms with E-state index < -0.39 is 0 Å². The SMILES string of the molecule is O=C(c1ccc2[nH]ccc2c1)N1CC2CC(C1)c1cccc(=O)n1C2. The van der Waals surface area contributed by atoms with Crippen LogP contribution in [0.3, 0.4) is 0 Å². The number of nitrogens with one attached hydrogen (secondary N) is 1. The van der Waals surface area contributed by atoms with Crippen LogP contribution in [-0.4, -0.2) is 33.4 Å². The van der Waals surface area contributed by atoms with Crippen LogP contribution in [0.5, 0.6) is 0 Å². The van der Waals surface area contributed by atoms with Crippen LogP contribution in [0.2, 0.25) is 0 Å². The molecule has 126 valence electrons. The van der Waals surface area contributed by atoms with Crippen molar-refractivity contribution in [1.82, 2.24) is 14.5 Å². The van der Waals surface area contributed by atoms with Gasteiger partial charge in [-0.2, -0.15) is 0 Å². The average Bonchev–Trinajstić information content (AvgIpc) is 3.09. The van der Waals surface area contributed by atoms with E-state index in [0.717, 1.165) is 35.1 Å². The average molecular weight is 333 g/mol. The topological polar surface area (TPSA) is 58.1 Å². The smallest absolute Gasteiger partial charge is 0.253 e. The zero-order valence-corrected chi connectivity index (χ0v) is 13.8. The van der Waals surface area contributed by atoms with Crippen LogP contribution in [0.4, 0.5) is 0 Å². The standard InChI is InChI=1S/C20H19N3O2/c24-19-3-1-2-18-16-8-13(11-23(18)19)10-22(12-16)20(25)15-4-5-17-14(9-15)6-7-21-17/h1-7,9,13,16,21H,8,10-12H2. The third-order valence-electron chi connectivity index (χ3n) is 5.57. The highest BCUT2D eigenvalue weighted by Gasteiger charge is 2.36. The Morgan fingerprint density at radius 1 is 1.08 bits per heavy atom. The molecule has 2 aromatic heterocycles. The molecule has 2 bridgehead atoms. The van der Waals surface area contributed by atoms with Gasteiger partial charge >= 0.3 is 0 Å². The normalized spacial score (nSPS) is 22.0. The molecule has 1 N–H and O–H groups in total. The second-order valence-corrected chi connectivity index (χ2v) is 7.19. The maximum Gasteiger partial charge on any atom is 0.253 e. The molecule has 2 unspecified atom stereocenters. The molecule has 5 nitrogen and oxygen atoms in total. The van der Waals surface area contributed by atoms with Crippen LogP contribution in [0, 0.1) is 5.92 Å². The van der Waals surface area contributed by atoms with Crippen LogP contribution in [0.1, 0.15) is 28.4 Å². The number of fused-ring (bicyclic) bond motifs is 5. The number of piperidine rings is 1. The minimum absolute atomic E-state index is 0.0740. The summed E-state index contributed by atoms with van der Waals surface area (Å²) in [6.45, 7) is 2.12. The predicted octanol–water partition coefficient (Wildman–Crippen LogP) is 2.59. The number of benzene rings is 1. The predicted molar refractivity (Wildman–Crippen MR) is 95.8 cm³/mol. The van der Waals surface area contributed by atoms with Gasteiger partial charge in [0.25, 0.3) is 11.5 Å². The number of pyridine rings is 1. The molecule has 0 saturated carbocycles. The number of aromatic amines is 1. The largest absolute Gasteiger partial charge is 0.361 e. The van der Waals surface area contributed by atoms with Crippen molar-refractivity contribution in [2.24, 2.45) is 5.92 Å². The Morgan fingerprint density at radius 2 is 2.00 bits per heavy atom. The van der Waals surface area contributed by atoms with Gasteiger partial charge in [0, 0.05) is 60.0 Å². The first-order valence-electron chi connectivity index (χ1n) is 8.75. The molecule has 0 aliphatic carbocycles. The fourth-order valence-corrected chi connectivity index (χ4v) is 4.43. The van der Waals surface area contributed by atoms with E-state index in [4.69, 9.17) is 0 Å². The summed E-state index contributed by atoms with van der Waals surface area (Å²) in [5.41, 5.74) is 2.92. The molecule has 2 aliphatic rings. The van der Waals surface area contributed by atoms with E-state index >= 15 is 0 Å². The molecule has 1 fully saturated rings. The molecule has 0 radical (unpaired) electrons. The molecule has 25 heavy (non-hydrogen) atoms. The number of likely N-dealkylation sites (tertiary alicyclic amines) is 1. The highest BCUT2D eigenvalue weighted by Crippen LogP contribution is 2.35. The number of H-pyrrole nitrogens is 1. The van der Waals surface area contributed by atoms with Crippen molar-refractivity contribution in [3.8, 4) is 0 Å². The van der Waals surface area contributed by atoms with Crippen molar-refractivity contribution < 1.29 is 4.79 Å². The fourth-order valence-electron chi connectivity index (χ4n) is 4.43. The lowest BCUT2D eigenvalue weighted by molar-refractivity contribution is 0.0594. The van der Waals surface area contributed by atoms with Gasteiger partial charge in [0.05, 0.1) is 0 Å². The van der Waals surface area contributed by atoms with Crippen molar-refractivity contribution in [2.75, 3.05) is 13.1 Å². The molecule has 1 aromatic carbocycles. The summed E-state index contributed by atoms with van der Waals surface area (Å²) in [7, 11) is 0. The van der Waals surface area contributed by atoms with E-state index in [-0.39, 0.29) is 17.4 Å². The Bertz CT molecular complexity index is 1030. The van der Waals surface area contributed by atoms with E-state index in [1.165, 1.54) is 0 Å². The van der Waals surface area contributed by atoms with Crippen molar-refractivity contribution in [2.45, 2.75) is 18.9 Å². The first-order chi connectivity index (χ1) is 12.2. The second kappa shape index (κ2) is 5.34. The summed E-state index contributed by atoms with van der Waals surface area (Å²) in [6.07, 6.45) is 2.95. The maximum atomic E-state index is 13.0. The Kier molecular flexibility index (Phi) is 3.10. The number of carbonyl (C=O) groups is 1. The number of amides is 1. The minimum atomic E-state index is 0.0740. The number of rotatable bonds is 1. The number of nitrogens with zero attached hydrogens (tertiary/aromatic N) is 2. The van der Waals surface area contributed by atoms with Crippen LogP contribution in [0.25, 0.3) is 10.9 Å². The van der Waals surface area contributed by atoms with E-state index in [2.05, 4.69) is 4.98 Å². The second-order valence-electron chi connectivity index (χ2n) is 7.19. The Morgan fingerprint density at radius 3 is 2.92 bits per heavy atom. The maximum absolute atomic E-state index is 13.0. The van der Waals surface area contributed by atoms with Crippen molar-refractivity contribution >= 4 is 16.8 Å². The molecule has 1 saturated heterocycles. The molecule has 0 spiro atoms. The van der Waals surface area contributed by atoms with Gasteiger partial charge in [-0.25, -0.2) is 0 Å². The highest BCUT2D eigenvalue weighted by molar-refractivity contribution is 5.98. The van der Waals surface area contributed by atoms with E-state index in [1.807, 2.05) is 52.1 Å². The van der Waals surface area contributed by atoms with Crippen molar-refractivity contribution in [3.05, 3.63) is 70.3 Å². The molecular weight excluding hydrogens is 314 g/mol. The van der Waals surface area contributed by atoms with Crippen molar-refractivity contribution in [1.29, 1.82) is 0 Å². The summed E-state index contributed by atoms with van der Waals surface area (Å²) >= 11 is 0. The van der Waals surface area contributed by atoms with Gasteiger partial charge in [-0.1, -0.05) is 6.07 Å². The molecule has 5 heteroatoms. The third kappa shape index (κ3) is 2.30. The summed E-state index contributed by atoms with van der Waals surface area (Å²) < 4.78 is 1.90. The first kappa shape index (κ1) is 14.5. The first-order valence-corrected chi connectivity index (χ1v) is 8.75. The zero-order valence-electron chi connectivity index (χ0n) is 13.8. The quantitative estimate of drug-likeness (QED) is 0.744. The molecule has 1 amide bonds. The van der Waals surface area contributed by atoms with Gasteiger partial charge in [-0.05, 0) is 42.7 Å². The summed E-state index contributed by atoms with van der Waals surface area (Å²) in [4.78, 5) is 30.3. The van der Waals surface area contributed by atoms with Gasteiger partial charge in [-0.15, -0.1) is 0 Å². The number of hydrogen-bond acceptors (Lipinski definition) is 2. The molecule has 2 atom stereocenters. The fraction of sp³-hybridized carbons (Fsp3) is 0.300. The molecule has 5 rings (SSSR count). The van der Waals surface area contributed by atoms with Crippen LogP contribution in [-0.2, 0) is 6.54 Å². The van der Waals surface area contributed by atoms with Gasteiger partial charge in [0.1, 0.15) is 0 Å². The summed E-state index contributed by atoms with van der Waals surface area (Å²) in [5.74, 6) is 0.692. The van der Waals surface area contributed by atoms with E-state index in [1.54, 1.807) is 6.07 Å². The van der Waals surface area contributed by atoms with Gasteiger partial charge < -0.3 is 14.5 Å². The number of hydrogen-bond donors (Lipinski definition) is 1. The lowest BCUT2D eigenvalue weighted by atomic mass is 9.83. The lowest BCUT2D eigenvalue weighted by Gasteiger charge is -2.42. The number of carbonyl (C=O) groups excluding carboxylic acids is 1. The third-order valence-corrected chi connectivity index (χ3v) is 5.57. The molecular formula is C20H19N3O2. The van der Waals surface area contributed by atoms with Crippen LogP contribution < -0.4 is 5.56 Å². The van der Waals surface area contributed by atoms with Crippen LogP contribution in [0.15, 0.2) is 53.5 Å². The number of aromatic nitrogens is 2. The minimum Gasteiger partial charge on any atom is -0.361 e. The summed E-state index contributed by atoms with van der Waals surface area (Å²) in [5, 5.41) is 1.06. The van der Waals surface area contributed by atoms with Gasteiger partial charge in [0.15, 0.2) is 0 Å². The van der Waals surface area contributed by atoms with Gasteiger partial charge in [0.2, 0.25) is 0 Å². The summed E-state index contributed by atoms with van der Waals surface area (Å²) in [6, 6.07) is 13.3. The lowest BCUT2D eigenvalue weighted by Crippen LogP contribution is -2.49. The van der Waals surface area contributed by atoms with E-state index in [0.29, 0.717) is 19.0 Å². The highest BCUT2D eigenvalue weighted by atomic mass is 16.2. The van der Waals surface area contributed by atoms with Crippen molar-refractivity contribution in [3.63, 3.8) is 0 Å². The Hall–Kier alpha value is -2.82. The van der Waals surface area contributed by atoms with E-state index in [9.17, 15) is 9.59 Å².